The van der Waals surface area contributed by atoms with Crippen LogP contribution in [0.1, 0.15) is 0 Å². The third-order valence-corrected chi connectivity index (χ3v) is 8.55. The molecule has 4 rings (SSSR count). The predicted octanol–water partition coefficient (Wildman–Crippen LogP) is 5.97. The zero-order valence-corrected chi connectivity index (χ0v) is 20.4. The summed E-state index contributed by atoms with van der Waals surface area (Å²) < 4.78 is 0. The molecule has 4 fully saturated rings. The summed E-state index contributed by atoms with van der Waals surface area (Å²) in [5, 5.41) is 0. The van der Waals surface area contributed by atoms with Gasteiger partial charge in [-0.05, 0) is 141 Å². The Hall–Kier alpha value is 1.90. The molecule has 2 atom stereocenters. The van der Waals surface area contributed by atoms with Gasteiger partial charge in [0.25, 0.3) is 0 Å². The zero-order valence-electron chi connectivity index (χ0n) is 16.4. The summed E-state index contributed by atoms with van der Waals surface area (Å²) in [4.78, 5) is 0. The van der Waals surface area contributed by atoms with Crippen LogP contribution in [0.5, 0.6) is 0 Å². The van der Waals surface area contributed by atoms with E-state index in [4.69, 9.17) is 0 Å². The second-order valence-electron chi connectivity index (χ2n) is 6.05. The first-order valence-electron chi connectivity index (χ1n) is 8.96. The average Bonchev–Trinajstić information content (AvgIpc) is 3.50. The molecule has 0 aliphatic heterocycles. The molecule has 4 heteroatoms. The number of hydrogen-bond donors (Lipinski definition) is 0. The van der Waals surface area contributed by atoms with Crippen LogP contribution in [-0.4, -0.2) is 25.7 Å². The molecule has 0 unspecified atom stereocenters. The van der Waals surface area contributed by atoms with Gasteiger partial charge in [-0.2, -0.15) is 0 Å². The minimum atomic E-state index is 0. The van der Waals surface area contributed by atoms with Crippen LogP contribution in [0.4, 0.5) is 0 Å². The average molecular weight is 490 g/mol. The van der Waals surface area contributed by atoms with Crippen molar-refractivity contribution in [2.75, 3.05) is 25.7 Å². The Morgan fingerprint density at radius 3 is 0.857 bits per heavy atom. The van der Waals surface area contributed by atoms with Gasteiger partial charge in [0.15, 0.2) is 0 Å². The fourth-order valence-electron chi connectivity index (χ4n) is 2.44. The first-order valence-corrected chi connectivity index (χ1v) is 12.9. The van der Waals surface area contributed by atoms with Crippen LogP contribution in [0, 0.1) is 127 Å². The van der Waals surface area contributed by atoms with Gasteiger partial charge in [0.05, 0.1) is 0 Å². The van der Waals surface area contributed by atoms with E-state index in [0.29, 0.717) is 0 Å². The summed E-state index contributed by atoms with van der Waals surface area (Å²) in [7, 11) is 0.138. The van der Waals surface area contributed by atoms with Crippen molar-refractivity contribution in [2.45, 2.75) is 0 Å². The molecule has 0 aromatic rings. The molecule has 0 amide bonds. The Labute approximate surface area is 201 Å². The van der Waals surface area contributed by atoms with Crippen LogP contribution in [-0.2, 0) is 34.1 Å². The second-order valence-corrected chi connectivity index (χ2v) is 10.8. The third-order valence-electron chi connectivity index (χ3n) is 4.05. The Bertz CT molecular complexity index is 273. The maximum Gasteiger partial charge on any atom is 2.00 e. The van der Waals surface area contributed by atoms with Crippen molar-refractivity contribution >= 4 is 15.8 Å². The third kappa shape index (κ3) is 13.3. The molecule has 20 radical (unpaired) electrons. The van der Waals surface area contributed by atoms with E-state index in [1.54, 1.807) is 11.3 Å². The maximum atomic E-state index is 2.40. The molecule has 0 heterocycles. The molecule has 4 aliphatic carbocycles. The van der Waals surface area contributed by atoms with Gasteiger partial charge >= 0.3 is 34.1 Å². The fourth-order valence-corrected chi connectivity index (χ4v) is 6.71. The second kappa shape index (κ2) is 19.6. The van der Waals surface area contributed by atoms with Crippen molar-refractivity contribution in [3.8, 4) is 0 Å². The molecule has 0 N–H and O–H groups in total. The van der Waals surface area contributed by atoms with Crippen molar-refractivity contribution in [1.29, 1.82) is 0 Å². The minimum absolute atomic E-state index is 0. The Morgan fingerprint density at radius 1 is 0.429 bits per heavy atom. The molecular formula is C24H28Fe2P2+4. The van der Waals surface area contributed by atoms with Gasteiger partial charge in [0, 0.05) is 11.3 Å². The fraction of sp³-hybridized carbons (Fsp3) is 0.167. The first kappa shape index (κ1) is 29.9. The van der Waals surface area contributed by atoms with E-state index < -0.39 is 0 Å². The van der Waals surface area contributed by atoms with Crippen LogP contribution >= 0.6 is 15.8 Å². The molecule has 0 aromatic heterocycles. The minimum Gasteiger partial charge on any atom is -0.102 e. The smallest absolute Gasteiger partial charge is 0.102 e. The first-order chi connectivity index (χ1) is 12.8. The van der Waals surface area contributed by atoms with E-state index in [-0.39, 0.29) is 50.0 Å². The standard InChI is InChI=1S/C14H18P2.2C5H5.2Fe/c1-15(13-7-3-4-8-13)11-12-16(2)14-9-5-6-10-14;2*1-2-4-5-3-1;;/h3-10H,11-12H2,1-2H3;2*1-5H;;/q;;;2*+2/t15-,16-;;;;/m0..../s1. The van der Waals surface area contributed by atoms with E-state index in [9.17, 15) is 0 Å². The summed E-state index contributed by atoms with van der Waals surface area (Å²) in [6.07, 6.45) is 40.4. The number of hydrogen-bond acceptors (Lipinski definition) is 0. The molecule has 0 saturated heterocycles. The van der Waals surface area contributed by atoms with Gasteiger partial charge in [0.1, 0.15) is 0 Å². The molecule has 146 valence electrons. The van der Waals surface area contributed by atoms with Gasteiger partial charge in [0.2, 0.25) is 0 Å². The van der Waals surface area contributed by atoms with Crippen molar-refractivity contribution in [1.82, 2.24) is 0 Å². The van der Waals surface area contributed by atoms with E-state index in [1.165, 1.54) is 12.3 Å². The maximum absolute atomic E-state index is 2.40. The summed E-state index contributed by atoms with van der Waals surface area (Å²) in [6.45, 7) is 4.80. The Kier molecular flexibility index (Phi) is 20.9. The molecule has 28 heavy (non-hydrogen) atoms. The Balaban J connectivity index is 0.000000500. The Morgan fingerprint density at radius 2 is 0.643 bits per heavy atom. The summed E-state index contributed by atoms with van der Waals surface area (Å²) >= 11 is 0. The summed E-state index contributed by atoms with van der Waals surface area (Å²) in [5.41, 5.74) is 3.11. The molecule has 0 bridgehead atoms. The molecule has 0 spiro atoms. The monoisotopic (exact) mass is 490 g/mol. The van der Waals surface area contributed by atoms with Gasteiger partial charge in [-0.3, -0.25) is 0 Å². The van der Waals surface area contributed by atoms with E-state index in [2.05, 4.69) is 64.7 Å². The molecular weight excluding hydrogens is 462 g/mol. The topological polar surface area (TPSA) is 0 Å². The number of rotatable bonds is 5. The van der Waals surface area contributed by atoms with Crippen LogP contribution in [0.25, 0.3) is 0 Å². The van der Waals surface area contributed by atoms with Crippen molar-refractivity contribution in [3.05, 3.63) is 127 Å². The van der Waals surface area contributed by atoms with Gasteiger partial charge < -0.3 is 0 Å². The van der Waals surface area contributed by atoms with Crippen molar-refractivity contribution < 1.29 is 34.1 Å². The van der Waals surface area contributed by atoms with Crippen molar-refractivity contribution in [3.63, 3.8) is 0 Å². The molecule has 0 nitrogen and oxygen atoms in total. The predicted molar refractivity (Wildman–Crippen MR) is 119 cm³/mol. The zero-order chi connectivity index (χ0) is 18.5. The van der Waals surface area contributed by atoms with Gasteiger partial charge in [-0.1, -0.05) is 0 Å². The van der Waals surface area contributed by atoms with E-state index >= 15 is 0 Å². The van der Waals surface area contributed by atoms with Crippen LogP contribution < -0.4 is 0 Å². The molecule has 4 aliphatic rings. The van der Waals surface area contributed by atoms with Gasteiger partial charge in [-0.15, -0.1) is 15.8 Å². The molecule has 4 saturated carbocycles. The van der Waals surface area contributed by atoms with Crippen LogP contribution in [0.3, 0.4) is 0 Å². The van der Waals surface area contributed by atoms with Crippen LogP contribution in [0.15, 0.2) is 0 Å². The summed E-state index contributed by atoms with van der Waals surface area (Å²) in [5.74, 6) is 0. The largest absolute Gasteiger partial charge is 2.00 e. The SMILES string of the molecule is C[P@@](CC[P@](C)[C]1[CH][CH][CH][CH]1)[C]1[CH][CH][CH][CH]1.[CH]1[CH][CH][CH][CH]1.[CH]1[CH][CH][CH][CH]1.[Fe+2].[Fe+2]. The van der Waals surface area contributed by atoms with Gasteiger partial charge in [-0.25, -0.2) is 0 Å². The van der Waals surface area contributed by atoms with E-state index in [1.807, 2.05) is 64.2 Å². The van der Waals surface area contributed by atoms with Crippen molar-refractivity contribution in [2.24, 2.45) is 0 Å². The summed E-state index contributed by atoms with van der Waals surface area (Å²) in [6, 6.07) is 0. The van der Waals surface area contributed by atoms with E-state index in [0.717, 1.165) is 0 Å². The van der Waals surface area contributed by atoms with Crippen LogP contribution in [0.2, 0.25) is 0 Å². The normalized spacial score (nSPS) is 24.2. The quantitative estimate of drug-likeness (QED) is 0.329. The molecule has 0 aromatic carbocycles.